The van der Waals surface area contributed by atoms with Gasteiger partial charge in [-0.1, -0.05) is 6.42 Å². The molecule has 1 amide bonds. The van der Waals surface area contributed by atoms with E-state index in [0.717, 1.165) is 24.2 Å². The molecule has 3 aliphatic rings. The average Bonchev–Trinajstić information content (AvgIpc) is 3.10. The smallest absolute Gasteiger partial charge is 0.256 e. The van der Waals surface area contributed by atoms with Gasteiger partial charge in [-0.25, -0.2) is 0 Å². The number of carbonyl (C=O) groups excluding carboxylic acids is 1. The molecule has 5 unspecified atom stereocenters. The van der Waals surface area contributed by atoms with Crippen molar-refractivity contribution in [3.05, 3.63) is 34.2 Å². The molecule has 4 nitrogen and oxygen atoms in total. The summed E-state index contributed by atoms with van der Waals surface area (Å²) >= 11 is 0. The van der Waals surface area contributed by atoms with E-state index in [4.69, 9.17) is 0 Å². The molecule has 3 fully saturated rings. The van der Waals surface area contributed by atoms with E-state index in [1.54, 1.807) is 6.20 Å². The van der Waals surface area contributed by atoms with Gasteiger partial charge < -0.3 is 10.3 Å². The van der Waals surface area contributed by atoms with Crippen LogP contribution in [0.25, 0.3) is 0 Å². The lowest BCUT2D eigenvalue weighted by Gasteiger charge is -2.32. The molecule has 0 radical (unpaired) electrons. The molecule has 2 bridgehead atoms. The van der Waals surface area contributed by atoms with E-state index in [9.17, 15) is 9.59 Å². The summed E-state index contributed by atoms with van der Waals surface area (Å²) in [5.41, 5.74) is 0.0291. The van der Waals surface area contributed by atoms with Crippen molar-refractivity contribution >= 4 is 5.91 Å². The zero-order valence-corrected chi connectivity index (χ0v) is 11.5. The molecule has 4 heteroatoms. The molecule has 3 saturated carbocycles. The Morgan fingerprint density at radius 2 is 2.05 bits per heavy atom. The second-order valence-corrected chi connectivity index (χ2v) is 6.66. The van der Waals surface area contributed by atoms with E-state index in [1.807, 2.05) is 0 Å². The predicted molar refractivity (Wildman–Crippen MR) is 75.4 cm³/mol. The van der Waals surface area contributed by atoms with Crippen LogP contribution in [0.1, 0.15) is 42.5 Å². The lowest BCUT2D eigenvalue weighted by atomic mass is 9.79. The minimum Gasteiger partial charge on any atom is -0.367 e. The summed E-state index contributed by atoms with van der Waals surface area (Å²) in [7, 11) is 0. The van der Waals surface area contributed by atoms with Crippen molar-refractivity contribution in [3.63, 3.8) is 0 Å². The Morgan fingerprint density at radius 1 is 1.20 bits per heavy atom. The highest BCUT2D eigenvalue weighted by molar-refractivity contribution is 5.93. The van der Waals surface area contributed by atoms with Crippen molar-refractivity contribution in [2.75, 3.05) is 0 Å². The molecule has 1 aromatic rings. The van der Waals surface area contributed by atoms with Crippen molar-refractivity contribution in [3.8, 4) is 0 Å². The summed E-state index contributed by atoms with van der Waals surface area (Å²) in [6.07, 6.45) is 9.55. The van der Waals surface area contributed by atoms with Crippen LogP contribution < -0.4 is 10.7 Å². The first kappa shape index (κ1) is 12.2. The van der Waals surface area contributed by atoms with Crippen LogP contribution in [0.4, 0.5) is 0 Å². The zero-order valence-electron chi connectivity index (χ0n) is 11.5. The van der Waals surface area contributed by atoms with Crippen molar-refractivity contribution < 1.29 is 4.79 Å². The van der Waals surface area contributed by atoms with Crippen LogP contribution in [-0.2, 0) is 0 Å². The molecule has 20 heavy (non-hydrogen) atoms. The third-order valence-electron chi connectivity index (χ3n) is 5.81. The van der Waals surface area contributed by atoms with Gasteiger partial charge in [-0.2, -0.15) is 0 Å². The van der Waals surface area contributed by atoms with E-state index >= 15 is 0 Å². The van der Waals surface area contributed by atoms with Crippen LogP contribution in [0.5, 0.6) is 0 Å². The third kappa shape index (κ3) is 1.74. The monoisotopic (exact) mass is 272 g/mol. The van der Waals surface area contributed by atoms with Gasteiger partial charge in [0.2, 0.25) is 0 Å². The molecule has 1 aromatic heterocycles. The third-order valence-corrected chi connectivity index (χ3v) is 5.81. The minimum absolute atomic E-state index is 0.205. The lowest BCUT2D eigenvalue weighted by molar-refractivity contribution is 0.0899. The van der Waals surface area contributed by atoms with Crippen molar-refractivity contribution in [1.29, 1.82) is 0 Å². The maximum Gasteiger partial charge on any atom is 0.256 e. The van der Waals surface area contributed by atoms with Crippen LogP contribution in [-0.4, -0.2) is 16.9 Å². The van der Waals surface area contributed by atoms with Gasteiger partial charge >= 0.3 is 0 Å². The molecule has 106 valence electrons. The van der Waals surface area contributed by atoms with Gasteiger partial charge in [0.05, 0.1) is 0 Å². The molecule has 0 spiro atoms. The SMILES string of the molecule is O=C(NC1CC2CC1C1CCCC21)c1c[nH]ccc1=O. The Balaban J connectivity index is 1.50. The number of rotatable bonds is 2. The van der Waals surface area contributed by atoms with Gasteiger partial charge in [-0.05, 0) is 49.4 Å². The molecule has 0 aliphatic heterocycles. The predicted octanol–water partition coefficient (Wildman–Crippen LogP) is 1.93. The van der Waals surface area contributed by atoms with Crippen molar-refractivity contribution in [2.24, 2.45) is 23.7 Å². The Bertz CT molecular complexity index is 594. The fourth-order valence-electron chi connectivity index (χ4n) is 5.07. The highest BCUT2D eigenvalue weighted by atomic mass is 16.2. The number of aromatic nitrogens is 1. The first-order valence-corrected chi connectivity index (χ1v) is 7.72. The Morgan fingerprint density at radius 3 is 2.90 bits per heavy atom. The van der Waals surface area contributed by atoms with E-state index in [0.29, 0.717) is 5.92 Å². The zero-order chi connectivity index (χ0) is 13.7. The summed E-state index contributed by atoms with van der Waals surface area (Å²) in [4.78, 5) is 26.8. The number of hydrogen-bond acceptors (Lipinski definition) is 2. The first-order chi connectivity index (χ1) is 9.74. The molecular formula is C16H20N2O2. The number of amides is 1. The Kier molecular flexibility index (Phi) is 2.72. The van der Waals surface area contributed by atoms with Gasteiger partial charge in [0.1, 0.15) is 5.56 Å². The van der Waals surface area contributed by atoms with Gasteiger partial charge in [0, 0.05) is 24.5 Å². The quantitative estimate of drug-likeness (QED) is 0.864. The summed E-state index contributed by atoms with van der Waals surface area (Å²) < 4.78 is 0. The van der Waals surface area contributed by atoms with Crippen LogP contribution in [0, 0.1) is 23.7 Å². The van der Waals surface area contributed by atoms with E-state index < -0.39 is 0 Å². The molecule has 5 atom stereocenters. The summed E-state index contributed by atoms with van der Waals surface area (Å²) in [6.45, 7) is 0. The summed E-state index contributed by atoms with van der Waals surface area (Å²) in [5, 5.41) is 3.12. The number of hydrogen-bond donors (Lipinski definition) is 2. The van der Waals surface area contributed by atoms with E-state index in [1.165, 1.54) is 37.9 Å². The lowest BCUT2D eigenvalue weighted by Crippen LogP contribution is -2.43. The van der Waals surface area contributed by atoms with Crippen LogP contribution in [0.3, 0.4) is 0 Å². The number of aromatic amines is 1. The molecule has 4 rings (SSSR count). The maximum atomic E-state index is 12.3. The van der Waals surface area contributed by atoms with Crippen LogP contribution in [0.2, 0.25) is 0 Å². The highest BCUT2D eigenvalue weighted by Gasteiger charge is 2.54. The Hall–Kier alpha value is -1.58. The molecule has 1 heterocycles. The largest absolute Gasteiger partial charge is 0.367 e. The van der Waals surface area contributed by atoms with Crippen molar-refractivity contribution in [1.82, 2.24) is 10.3 Å². The van der Waals surface area contributed by atoms with Crippen molar-refractivity contribution in [2.45, 2.75) is 38.1 Å². The number of nitrogens with one attached hydrogen (secondary N) is 2. The molecule has 2 N–H and O–H groups in total. The number of H-pyrrole nitrogens is 1. The fourth-order valence-corrected chi connectivity index (χ4v) is 5.07. The van der Waals surface area contributed by atoms with E-state index in [-0.39, 0.29) is 22.9 Å². The van der Waals surface area contributed by atoms with Gasteiger partial charge in [-0.3, -0.25) is 9.59 Å². The second kappa shape index (κ2) is 4.47. The molecule has 0 aromatic carbocycles. The molecule has 0 saturated heterocycles. The summed E-state index contributed by atoms with van der Waals surface area (Å²) in [6, 6.07) is 1.69. The molecule has 3 aliphatic carbocycles. The Labute approximate surface area is 118 Å². The fraction of sp³-hybridized carbons (Fsp3) is 0.625. The number of pyridine rings is 1. The minimum atomic E-state index is -0.209. The standard InChI is InChI=1S/C16H20N2O2/c19-15-4-5-17-8-13(15)16(20)18-14-7-9-6-12(14)11-3-1-2-10(9)11/h4-5,8-12,14H,1-3,6-7H2,(H,17,19)(H,18,20). The number of fused-ring (bicyclic) bond motifs is 5. The maximum absolute atomic E-state index is 12.3. The second-order valence-electron chi connectivity index (χ2n) is 6.66. The normalized spacial score (nSPS) is 37.9. The van der Waals surface area contributed by atoms with Gasteiger partial charge in [0.25, 0.3) is 5.91 Å². The number of carbonyl (C=O) groups is 1. The topological polar surface area (TPSA) is 62.0 Å². The van der Waals surface area contributed by atoms with Gasteiger partial charge in [-0.15, -0.1) is 0 Å². The van der Waals surface area contributed by atoms with Crippen LogP contribution >= 0.6 is 0 Å². The average molecular weight is 272 g/mol. The highest BCUT2D eigenvalue weighted by Crippen LogP contribution is 2.58. The van der Waals surface area contributed by atoms with E-state index in [2.05, 4.69) is 10.3 Å². The van der Waals surface area contributed by atoms with Gasteiger partial charge in [0.15, 0.2) is 5.43 Å². The summed E-state index contributed by atoms with van der Waals surface area (Å²) in [5.74, 6) is 3.01. The molecular weight excluding hydrogens is 252 g/mol. The first-order valence-electron chi connectivity index (χ1n) is 7.72. The van der Waals surface area contributed by atoms with Crippen LogP contribution in [0.15, 0.2) is 23.3 Å².